The second-order valence-corrected chi connectivity index (χ2v) is 5.29. The van der Waals surface area contributed by atoms with Crippen molar-refractivity contribution in [3.8, 4) is 0 Å². The number of hydrogen-bond donors (Lipinski definition) is 0. The SMILES string of the molecule is CCOC(=O)C1=Cc2ccccc2C1c1ccc(C)cc1. The molecule has 0 spiro atoms. The van der Waals surface area contributed by atoms with Gasteiger partial charge in [-0.1, -0.05) is 54.1 Å². The van der Waals surface area contributed by atoms with E-state index >= 15 is 0 Å². The summed E-state index contributed by atoms with van der Waals surface area (Å²) in [6.45, 7) is 4.29. The van der Waals surface area contributed by atoms with Gasteiger partial charge >= 0.3 is 5.97 Å². The fraction of sp³-hybridized carbons (Fsp3) is 0.211. The Hall–Kier alpha value is -2.35. The normalized spacial score (nSPS) is 16.3. The monoisotopic (exact) mass is 278 g/mol. The lowest BCUT2D eigenvalue weighted by molar-refractivity contribution is -0.138. The van der Waals surface area contributed by atoms with Gasteiger partial charge in [0.2, 0.25) is 0 Å². The molecular weight excluding hydrogens is 260 g/mol. The van der Waals surface area contributed by atoms with Crippen molar-refractivity contribution in [1.29, 1.82) is 0 Å². The van der Waals surface area contributed by atoms with E-state index in [4.69, 9.17) is 4.74 Å². The molecule has 1 aliphatic carbocycles. The van der Waals surface area contributed by atoms with Crippen LogP contribution in [-0.2, 0) is 9.53 Å². The van der Waals surface area contributed by atoms with Gasteiger partial charge in [0.25, 0.3) is 0 Å². The molecular formula is C19H18O2. The Balaban J connectivity index is 2.07. The molecule has 2 heteroatoms. The van der Waals surface area contributed by atoms with Crippen molar-refractivity contribution >= 4 is 12.0 Å². The average Bonchev–Trinajstić information content (AvgIpc) is 2.88. The first-order valence-corrected chi connectivity index (χ1v) is 7.25. The average molecular weight is 278 g/mol. The number of hydrogen-bond acceptors (Lipinski definition) is 2. The topological polar surface area (TPSA) is 26.3 Å². The highest BCUT2D eigenvalue weighted by Gasteiger charge is 2.31. The minimum absolute atomic E-state index is 0.0270. The molecule has 0 aromatic heterocycles. The second-order valence-electron chi connectivity index (χ2n) is 5.29. The van der Waals surface area contributed by atoms with Crippen LogP contribution in [0, 0.1) is 6.92 Å². The summed E-state index contributed by atoms with van der Waals surface area (Å²) >= 11 is 0. The van der Waals surface area contributed by atoms with Gasteiger partial charge in [-0.15, -0.1) is 0 Å². The minimum Gasteiger partial charge on any atom is -0.463 e. The van der Waals surface area contributed by atoms with Crippen molar-refractivity contribution in [3.05, 3.63) is 76.4 Å². The summed E-state index contributed by atoms with van der Waals surface area (Å²) in [5, 5.41) is 0. The molecule has 0 saturated carbocycles. The van der Waals surface area contributed by atoms with Gasteiger partial charge < -0.3 is 4.74 Å². The highest BCUT2D eigenvalue weighted by Crippen LogP contribution is 2.41. The van der Waals surface area contributed by atoms with Gasteiger partial charge in [-0.05, 0) is 36.6 Å². The third-order valence-corrected chi connectivity index (χ3v) is 3.85. The third-order valence-electron chi connectivity index (χ3n) is 3.85. The van der Waals surface area contributed by atoms with Crippen molar-refractivity contribution in [2.45, 2.75) is 19.8 Å². The Kier molecular flexibility index (Phi) is 3.61. The maximum absolute atomic E-state index is 12.3. The number of ether oxygens (including phenoxy) is 1. The van der Waals surface area contributed by atoms with E-state index in [-0.39, 0.29) is 11.9 Å². The van der Waals surface area contributed by atoms with Crippen LogP contribution in [-0.4, -0.2) is 12.6 Å². The number of fused-ring (bicyclic) bond motifs is 1. The smallest absolute Gasteiger partial charge is 0.334 e. The maximum atomic E-state index is 12.3. The second kappa shape index (κ2) is 5.57. The zero-order valence-corrected chi connectivity index (χ0v) is 12.3. The molecule has 1 atom stereocenters. The maximum Gasteiger partial charge on any atom is 0.334 e. The molecule has 0 bridgehead atoms. The highest BCUT2D eigenvalue weighted by molar-refractivity contribution is 5.99. The van der Waals surface area contributed by atoms with Gasteiger partial charge in [0.15, 0.2) is 0 Å². The highest BCUT2D eigenvalue weighted by atomic mass is 16.5. The standard InChI is InChI=1S/C19H18O2/c1-3-21-19(20)17-12-15-6-4-5-7-16(15)18(17)14-10-8-13(2)9-11-14/h4-12,18H,3H2,1-2H3. The molecule has 21 heavy (non-hydrogen) atoms. The number of carbonyl (C=O) groups is 1. The molecule has 0 fully saturated rings. The van der Waals surface area contributed by atoms with Crippen LogP contribution in [0.2, 0.25) is 0 Å². The summed E-state index contributed by atoms with van der Waals surface area (Å²) in [7, 11) is 0. The number of carbonyl (C=O) groups excluding carboxylic acids is 1. The van der Waals surface area contributed by atoms with Crippen LogP contribution in [0.4, 0.5) is 0 Å². The lowest BCUT2D eigenvalue weighted by atomic mass is 9.88. The van der Waals surface area contributed by atoms with Crippen molar-refractivity contribution in [2.24, 2.45) is 0 Å². The number of rotatable bonds is 3. The van der Waals surface area contributed by atoms with Gasteiger partial charge in [0.1, 0.15) is 0 Å². The van der Waals surface area contributed by atoms with Gasteiger partial charge in [-0.3, -0.25) is 0 Å². The Labute approximate surface area is 125 Å². The van der Waals surface area contributed by atoms with Gasteiger partial charge in [0, 0.05) is 11.5 Å². The molecule has 1 unspecified atom stereocenters. The van der Waals surface area contributed by atoms with E-state index in [0.29, 0.717) is 6.61 Å². The molecule has 2 aromatic carbocycles. The lowest BCUT2D eigenvalue weighted by Gasteiger charge is -2.16. The molecule has 0 aliphatic heterocycles. The molecule has 0 radical (unpaired) electrons. The van der Waals surface area contributed by atoms with E-state index in [1.807, 2.05) is 31.2 Å². The first-order chi connectivity index (χ1) is 10.2. The Morgan fingerprint density at radius 3 is 2.52 bits per heavy atom. The molecule has 2 aromatic rings. The van der Waals surface area contributed by atoms with Crippen LogP contribution >= 0.6 is 0 Å². The van der Waals surface area contributed by atoms with Crippen LogP contribution in [0.3, 0.4) is 0 Å². The summed E-state index contributed by atoms with van der Waals surface area (Å²) in [5.41, 5.74) is 5.34. The third kappa shape index (κ3) is 2.49. The molecule has 1 aliphatic rings. The summed E-state index contributed by atoms with van der Waals surface area (Å²) in [6.07, 6.45) is 1.96. The number of esters is 1. The van der Waals surface area contributed by atoms with Crippen LogP contribution in [0.5, 0.6) is 0 Å². The Morgan fingerprint density at radius 1 is 1.10 bits per heavy atom. The summed E-state index contributed by atoms with van der Waals surface area (Å²) in [5.74, 6) is -0.250. The molecule has 106 valence electrons. The minimum atomic E-state index is -0.223. The Morgan fingerprint density at radius 2 is 1.81 bits per heavy atom. The summed E-state index contributed by atoms with van der Waals surface area (Å²) < 4.78 is 5.23. The summed E-state index contributed by atoms with van der Waals surface area (Å²) in [4.78, 5) is 12.3. The van der Waals surface area contributed by atoms with E-state index < -0.39 is 0 Å². The fourth-order valence-electron chi connectivity index (χ4n) is 2.83. The van der Waals surface area contributed by atoms with Gasteiger partial charge in [-0.25, -0.2) is 4.79 Å². The zero-order chi connectivity index (χ0) is 14.8. The first-order valence-electron chi connectivity index (χ1n) is 7.25. The van der Waals surface area contributed by atoms with Crippen molar-refractivity contribution < 1.29 is 9.53 Å². The number of benzene rings is 2. The predicted octanol–water partition coefficient (Wildman–Crippen LogP) is 4.09. The van der Waals surface area contributed by atoms with Crippen LogP contribution in [0.1, 0.15) is 35.1 Å². The molecule has 3 rings (SSSR count). The van der Waals surface area contributed by atoms with Crippen LogP contribution in [0.25, 0.3) is 6.08 Å². The Bertz CT molecular complexity index is 696. The quantitative estimate of drug-likeness (QED) is 0.791. The van der Waals surface area contributed by atoms with Crippen molar-refractivity contribution in [1.82, 2.24) is 0 Å². The van der Waals surface area contributed by atoms with E-state index in [2.05, 4.69) is 37.3 Å². The van der Waals surface area contributed by atoms with E-state index in [0.717, 1.165) is 16.7 Å². The van der Waals surface area contributed by atoms with E-state index in [9.17, 15) is 4.79 Å². The fourth-order valence-corrected chi connectivity index (χ4v) is 2.83. The lowest BCUT2D eigenvalue weighted by Crippen LogP contribution is -2.13. The first kappa shape index (κ1) is 13.6. The van der Waals surface area contributed by atoms with Gasteiger partial charge in [-0.2, -0.15) is 0 Å². The molecule has 0 heterocycles. The molecule has 0 amide bonds. The van der Waals surface area contributed by atoms with Crippen LogP contribution < -0.4 is 0 Å². The number of aryl methyl sites for hydroxylation is 1. The van der Waals surface area contributed by atoms with Gasteiger partial charge in [0.05, 0.1) is 6.61 Å². The van der Waals surface area contributed by atoms with Crippen LogP contribution in [0.15, 0.2) is 54.1 Å². The summed E-state index contributed by atoms with van der Waals surface area (Å²) in [6, 6.07) is 16.5. The zero-order valence-electron chi connectivity index (χ0n) is 12.3. The molecule has 0 N–H and O–H groups in total. The largest absolute Gasteiger partial charge is 0.463 e. The van der Waals surface area contributed by atoms with Crippen molar-refractivity contribution in [3.63, 3.8) is 0 Å². The molecule has 0 saturated heterocycles. The van der Waals surface area contributed by atoms with E-state index in [1.165, 1.54) is 11.1 Å². The molecule has 2 nitrogen and oxygen atoms in total. The van der Waals surface area contributed by atoms with Crippen molar-refractivity contribution in [2.75, 3.05) is 6.61 Å². The van der Waals surface area contributed by atoms with E-state index in [1.54, 1.807) is 0 Å². The predicted molar refractivity (Wildman–Crippen MR) is 84.1 cm³/mol.